The van der Waals surface area contributed by atoms with Crippen LogP contribution in [0.15, 0.2) is 18.2 Å². The van der Waals surface area contributed by atoms with Crippen LogP contribution in [0, 0.1) is 12.8 Å². The molecule has 1 saturated heterocycles. The molecule has 1 aromatic rings. The van der Waals surface area contributed by atoms with E-state index in [0.717, 1.165) is 24.3 Å². The van der Waals surface area contributed by atoms with Gasteiger partial charge in [0.2, 0.25) is 5.91 Å². The number of amides is 1. The average Bonchev–Trinajstić information content (AvgIpc) is 2.85. The van der Waals surface area contributed by atoms with Crippen molar-refractivity contribution >= 4 is 17.3 Å². The zero-order valence-corrected chi connectivity index (χ0v) is 11.5. The molecule has 1 amide bonds. The summed E-state index contributed by atoms with van der Waals surface area (Å²) in [5.74, 6) is 0.0940. The van der Waals surface area contributed by atoms with Crippen LogP contribution in [-0.2, 0) is 4.79 Å². The molecule has 0 aliphatic carbocycles. The maximum atomic E-state index is 11.8. The average molecular weight is 246 g/mol. The van der Waals surface area contributed by atoms with Gasteiger partial charge in [0.1, 0.15) is 0 Å². The van der Waals surface area contributed by atoms with Crippen molar-refractivity contribution in [3.63, 3.8) is 0 Å². The van der Waals surface area contributed by atoms with Gasteiger partial charge in [0.05, 0.1) is 0 Å². The van der Waals surface area contributed by atoms with Gasteiger partial charge in [0, 0.05) is 30.4 Å². The topological polar surface area (TPSA) is 32.3 Å². The fourth-order valence-electron chi connectivity index (χ4n) is 2.19. The summed E-state index contributed by atoms with van der Waals surface area (Å²) in [6.45, 7) is 8.11. The zero-order chi connectivity index (χ0) is 13.1. The fourth-order valence-corrected chi connectivity index (χ4v) is 2.19. The predicted octanol–water partition coefficient (Wildman–Crippen LogP) is 3.19. The Labute approximate surface area is 109 Å². The summed E-state index contributed by atoms with van der Waals surface area (Å²) < 4.78 is 0. The molecule has 0 atom stereocenters. The molecular formula is C15H22N2O. The molecule has 0 radical (unpaired) electrons. The number of carbonyl (C=O) groups excluding carboxylic acids is 1. The van der Waals surface area contributed by atoms with Crippen LogP contribution in [0.5, 0.6) is 0 Å². The second kappa shape index (κ2) is 5.42. The summed E-state index contributed by atoms with van der Waals surface area (Å²) in [5.41, 5.74) is 3.28. The number of nitrogens with zero attached hydrogens (tertiary/aromatic N) is 1. The molecule has 0 bridgehead atoms. The summed E-state index contributed by atoms with van der Waals surface area (Å²) >= 11 is 0. The van der Waals surface area contributed by atoms with Gasteiger partial charge < -0.3 is 10.2 Å². The fraction of sp³-hybridized carbons (Fsp3) is 0.533. The number of aryl methyl sites for hydroxylation is 1. The van der Waals surface area contributed by atoms with Crippen LogP contribution in [0.2, 0.25) is 0 Å². The van der Waals surface area contributed by atoms with E-state index in [0.29, 0.717) is 0 Å². The van der Waals surface area contributed by atoms with E-state index in [1.807, 2.05) is 20.8 Å². The van der Waals surface area contributed by atoms with Crippen molar-refractivity contribution in [1.29, 1.82) is 0 Å². The number of nitrogens with one attached hydrogen (secondary N) is 1. The van der Waals surface area contributed by atoms with E-state index in [1.54, 1.807) is 0 Å². The minimum absolute atomic E-state index is 0.0137. The predicted molar refractivity (Wildman–Crippen MR) is 76.1 cm³/mol. The van der Waals surface area contributed by atoms with Crippen molar-refractivity contribution in [3.05, 3.63) is 23.8 Å². The maximum Gasteiger partial charge on any atom is 0.226 e. The quantitative estimate of drug-likeness (QED) is 0.888. The highest BCUT2D eigenvalue weighted by Gasteiger charge is 2.14. The molecule has 1 heterocycles. The lowest BCUT2D eigenvalue weighted by Gasteiger charge is -2.20. The number of rotatable bonds is 3. The van der Waals surface area contributed by atoms with Crippen molar-refractivity contribution in [2.45, 2.75) is 33.6 Å². The normalized spacial score (nSPS) is 15.2. The van der Waals surface area contributed by atoms with E-state index in [1.165, 1.54) is 18.5 Å². The van der Waals surface area contributed by atoms with Crippen LogP contribution in [0.1, 0.15) is 32.3 Å². The summed E-state index contributed by atoms with van der Waals surface area (Å²) in [5, 5.41) is 3.01. The lowest BCUT2D eigenvalue weighted by molar-refractivity contribution is -0.118. The van der Waals surface area contributed by atoms with Gasteiger partial charge in [-0.2, -0.15) is 0 Å². The molecule has 1 aliphatic heterocycles. The first kappa shape index (κ1) is 12.9. The highest BCUT2D eigenvalue weighted by molar-refractivity contribution is 5.93. The molecule has 1 N–H and O–H groups in total. The van der Waals surface area contributed by atoms with E-state index in [4.69, 9.17) is 0 Å². The van der Waals surface area contributed by atoms with E-state index in [9.17, 15) is 4.79 Å². The Bertz CT molecular complexity index is 434. The van der Waals surface area contributed by atoms with Gasteiger partial charge in [-0.1, -0.05) is 19.9 Å². The number of carbonyl (C=O) groups is 1. The Hall–Kier alpha value is -1.51. The lowest BCUT2D eigenvalue weighted by atomic mass is 10.1. The Morgan fingerprint density at radius 1 is 1.28 bits per heavy atom. The number of hydrogen-bond donors (Lipinski definition) is 1. The third kappa shape index (κ3) is 2.84. The van der Waals surface area contributed by atoms with Crippen molar-refractivity contribution in [2.75, 3.05) is 23.3 Å². The Morgan fingerprint density at radius 2 is 1.94 bits per heavy atom. The van der Waals surface area contributed by atoms with Crippen LogP contribution in [0.25, 0.3) is 0 Å². The van der Waals surface area contributed by atoms with Crippen LogP contribution in [0.4, 0.5) is 11.4 Å². The monoisotopic (exact) mass is 246 g/mol. The van der Waals surface area contributed by atoms with Crippen molar-refractivity contribution in [2.24, 2.45) is 5.92 Å². The zero-order valence-electron chi connectivity index (χ0n) is 11.5. The van der Waals surface area contributed by atoms with Crippen LogP contribution < -0.4 is 10.2 Å². The largest absolute Gasteiger partial charge is 0.371 e. The minimum atomic E-state index is 0.0137. The summed E-state index contributed by atoms with van der Waals surface area (Å²) in [6, 6.07) is 6.33. The van der Waals surface area contributed by atoms with Crippen molar-refractivity contribution < 1.29 is 4.79 Å². The SMILES string of the molecule is Cc1ccc(N2CCCC2)cc1NC(=O)C(C)C. The third-order valence-electron chi connectivity index (χ3n) is 3.47. The van der Waals surface area contributed by atoms with Gasteiger partial charge in [-0.05, 0) is 37.5 Å². The number of anilines is 2. The van der Waals surface area contributed by atoms with E-state index < -0.39 is 0 Å². The second-order valence-electron chi connectivity index (χ2n) is 5.34. The summed E-state index contributed by atoms with van der Waals surface area (Å²) in [7, 11) is 0. The standard InChI is InChI=1S/C15H22N2O/c1-11(2)15(18)16-14-10-13(7-6-12(14)3)17-8-4-5-9-17/h6-7,10-11H,4-5,8-9H2,1-3H3,(H,16,18). The second-order valence-corrected chi connectivity index (χ2v) is 5.34. The van der Waals surface area contributed by atoms with Gasteiger partial charge in [0.15, 0.2) is 0 Å². The van der Waals surface area contributed by atoms with E-state index in [-0.39, 0.29) is 11.8 Å². The van der Waals surface area contributed by atoms with E-state index in [2.05, 4.69) is 28.4 Å². The molecule has 98 valence electrons. The number of hydrogen-bond acceptors (Lipinski definition) is 2. The van der Waals surface area contributed by atoms with Crippen molar-refractivity contribution in [1.82, 2.24) is 0 Å². The molecule has 3 nitrogen and oxygen atoms in total. The minimum Gasteiger partial charge on any atom is -0.371 e. The van der Waals surface area contributed by atoms with Crippen LogP contribution >= 0.6 is 0 Å². The first-order chi connectivity index (χ1) is 8.58. The molecule has 0 unspecified atom stereocenters. The third-order valence-corrected chi connectivity index (χ3v) is 3.47. The van der Waals surface area contributed by atoms with Gasteiger partial charge in [-0.25, -0.2) is 0 Å². The Balaban J connectivity index is 2.18. The van der Waals surface area contributed by atoms with Gasteiger partial charge in [0.25, 0.3) is 0 Å². The first-order valence-corrected chi connectivity index (χ1v) is 6.74. The highest BCUT2D eigenvalue weighted by atomic mass is 16.1. The first-order valence-electron chi connectivity index (χ1n) is 6.74. The van der Waals surface area contributed by atoms with Crippen LogP contribution in [0.3, 0.4) is 0 Å². The molecule has 1 fully saturated rings. The van der Waals surface area contributed by atoms with E-state index >= 15 is 0 Å². The van der Waals surface area contributed by atoms with Crippen molar-refractivity contribution in [3.8, 4) is 0 Å². The Morgan fingerprint density at radius 3 is 2.56 bits per heavy atom. The lowest BCUT2D eigenvalue weighted by Crippen LogP contribution is -2.20. The van der Waals surface area contributed by atoms with Gasteiger partial charge in [-0.3, -0.25) is 4.79 Å². The maximum absolute atomic E-state index is 11.8. The molecule has 18 heavy (non-hydrogen) atoms. The molecule has 1 aromatic carbocycles. The molecule has 3 heteroatoms. The Kier molecular flexibility index (Phi) is 3.90. The molecule has 0 saturated carbocycles. The van der Waals surface area contributed by atoms with Crippen LogP contribution in [-0.4, -0.2) is 19.0 Å². The smallest absolute Gasteiger partial charge is 0.226 e. The summed E-state index contributed by atoms with van der Waals surface area (Å²) in [6.07, 6.45) is 2.53. The molecule has 0 spiro atoms. The molecule has 0 aromatic heterocycles. The van der Waals surface area contributed by atoms with Gasteiger partial charge >= 0.3 is 0 Å². The molecule has 2 rings (SSSR count). The van der Waals surface area contributed by atoms with Gasteiger partial charge in [-0.15, -0.1) is 0 Å². The number of benzene rings is 1. The molecule has 1 aliphatic rings. The highest BCUT2D eigenvalue weighted by Crippen LogP contribution is 2.26. The molecular weight excluding hydrogens is 224 g/mol. The summed E-state index contributed by atoms with van der Waals surface area (Å²) in [4.78, 5) is 14.2.